The number of rotatable bonds is 5. The summed E-state index contributed by atoms with van der Waals surface area (Å²) < 4.78 is 23.7. The van der Waals surface area contributed by atoms with Crippen LogP contribution in [0.1, 0.15) is 15.9 Å². The number of ether oxygens (including phenoxy) is 2. The molecule has 1 N–H and O–H groups in total. The zero-order chi connectivity index (χ0) is 18.7. The molecule has 0 aliphatic heterocycles. The van der Waals surface area contributed by atoms with Crippen LogP contribution in [0, 0.1) is 17.1 Å². The molecule has 0 saturated heterocycles. The van der Waals surface area contributed by atoms with Gasteiger partial charge in [-0.15, -0.1) is 0 Å². The molecular formula is C20H15FN2O3. The zero-order valence-electron chi connectivity index (χ0n) is 14.2. The highest BCUT2D eigenvalue weighted by Crippen LogP contribution is 2.26. The number of allylic oxidation sites excluding steroid dienone is 1. The molecule has 0 radical (unpaired) electrons. The van der Waals surface area contributed by atoms with Crippen LogP contribution in [-0.2, 0) is 0 Å². The summed E-state index contributed by atoms with van der Waals surface area (Å²) in [5, 5.41) is 10.0. The Morgan fingerprint density at radius 2 is 1.85 bits per heavy atom. The number of ketones is 1. The fourth-order valence-corrected chi connectivity index (χ4v) is 2.66. The van der Waals surface area contributed by atoms with Gasteiger partial charge in [0.05, 0.1) is 14.2 Å². The van der Waals surface area contributed by atoms with E-state index in [-0.39, 0.29) is 5.57 Å². The SMILES string of the molecule is COc1cc(/C=C(\C#N)C(=O)c2c[nH]c3cc(F)ccc23)cc(OC)c1. The Morgan fingerprint density at radius 3 is 2.46 bits per heavy atom. The fraction of sp³-hybridized carbons (Fsp3) is 0.100. The van der Waals surface area contributed by atoms with Crippen LogP contribution in [0.15, 0.2) is 48.2 Å². The minimum Gasteiger partial charge on any atom is -0.497 e. The van der Waals surface area contributed by atoms with E-state index in [4.69, 9.17) is 9.47 Å². The number of methoxy groups -OCH3 is 2. The second kappa shape index (κ2) is 7.11. The highest BCUT2D eigenvalue weighted by Gasteiger charge is 2.17. The van der Waals surface area contributed by atoms with Crippen LogP contribution >= 0.6 is 0 Å². The maximum absolute atomic E-state index is 13.3. The van der Waals surface area contributed by atoms with E-state index in [1.54, 1.807) is 18.2 Å². The summed E-state index contributed by atoms with van der Waals surface area (Å²) >= 11 is 0. The monoisotopic (exact) mass is 350 g/mol. The van der Waals surface area contributed by atoms with Crippen LogP contribution in [0.4, 0.5) is 4.39 Å². The van der Waals surface area contributed by atoms with Gasteiger partial charge < -0.3 is 14.5 Å². The van der Waals surface area contributed by atoms with Crippen LogP contribution < -0.4 is 9.47 Å². The van der Waals surface area contributed by atoms with Gasteiger partial charge >= 0.3 is 0 Å². The Kier molecular flexibility index (Phi) is 4.72. The third-order valence-corrected chi connectivity index (χ3v) is 3.94. The summed E-state index contributed by atoms with van der Waals surface area (Å²) in [6.45, 7) is 0. The summed E-state index contributed by atoms with van der Waals surface area (Å²) in [7, 11) is 3.04. The molecule has 0 amide bonds. The number of carbonyl (C=O) groups is 1. The molecule has 0 saturated carbocycles. The number of aromatic nitrogens is 1. The van der Waals surface area contributed by atoms with Crippen molar-refractivity contribution in [2.24, 2.45) is 0 Å². The van der Waals surface area contributed by atoms with Gasteiger partial charge in [0.15, 0.2) is 0 Å². The topological polar surface area (TPSA) is 75.1 Å². The van der Waals surface area contributed by atoms with Gasteiger partial charge in [-0.05, 0) is 42.0 Å². The number of Topliss-reactive ketones (excluding diaryl/α,β-unsaturated/α-hetero) is 1. The molecule has 0 aliphatic rings. The minimum absolute atomic E-state index is 0.0504. The van der Waals surface area contributed by atoms with Gasteiger partial charge in [0.25, 0.3) is 0 Å². The Labute approximate surface area is 149 Å². The molecule has 130 valence electrons. The number of hydrogen-bond acceptors (Lipinski definition) is 4. The number of nitrogens with one attached hydrogen (secondary N) is 1. The van der Waals surface area contributed by atoms with Crippen molar-refractivity contribution in [1.82, 2.24) is 4.98 Å². The second-order valence-corrected chi connectivity index (χ2v) is 5.54. The van der Waals surface area contributed by atoms with E-state index in [1.807, 2.05) is 6.07 Å². The first-order valence-electron chi connectivity index (χ1n) is 7.72. The van der Waals surface area contributed by atoms with Gasteiger partial charge in [-0.2, -0.15) is 5.26 Å². The number of halogens is 1. The lowest BCUT2D eigenvalue weighted by molar-refractivity contribution is 0.104. The first-order valence-corrected chi connectivity index (χ1v) is 7.72. The van der Waals surface area contributed by atoms with Gasteiger partial charge in [0.2, 0.25) is 5.78 Å². The van der Waals surface area contributed by atoms with Gasteiger partial charge in [0, 0.05) is 28.7 Å². The Balaban J connectivity index is 2.04. The maximum atomic E-state index is 13.3. The smallest absolute Gasteiger partial charge is 0.205 e. The van der Waals surface area contributed by atoms with E-state index in [0.717, 1.165) is 0 Å². The molecule has 0 atom stereocenters. The molecule has 1 aromatic heterocycles. The maximum Gasteiger partial charge on any atom is 0.205 e. The highest BCUT2D eigenvalue weighted by atomic mass is 19.1. The van der Waals surface area contributed by atoms with Gasteiger partial charge in [-0.3, -0.25) is 4.79 Å². The number of nitrogens with zero attached hydrogens (tertiary/aromatic N) is 1. The summed E-state index contributed by atoms with van der Waals surface area (Å²) in [5.74, 6) is 0.232. The molecule has 2 aromatic carbocycles. The van der Waals surface area contributed by atoms with E-state index in [9.17, 15) is 14.4 Å². The van der Waals surface area contributed by atoms with E-state index < -0.39 is 11.6 Å². The largest absolute Gasteiger partial charge is 0.497 e. The average molecular weight is 350 g/mol. The summed E-state index contributed by atoms with van der Waals surface area (Å²) in [6.07, 6.45) is 2.94. The molecule has 3 aromatic rings. The van der Waals surface area contributed by atoms with Crippen molar-refractivity contribution < 1.29 is 18.7 Å². The number of nitriles is 1. The molecule has 0 bridgehead atoms. The third kappa shape index (κ3) is 3.28. The molecule has 5 nitrogen and oxygen atoms in total. The lowest BCUT2D eigenvalue weighted by Crippen LogP contribution is -2.01. The average Bonchev–Trinajstić information content (AvgIpc) is 3.08. The lowest BCUT2D eigenvalue weighted by atomic mass is 10.0. The number of hydrogen-bond donors (Lipinski definition) is 1. The molecule has 26 heavy (non-hydrogen) atoms. The second-order valence-electron chi connectivity index (χ2n) is 5.54. The van der Waals surface area contributed by atoms with Crippen molar-refractivity contribution >= 4 is 22.8 Å². The van der Waals surface area contributed by atoms with Crippen molar-refractivity contribution in [2.75, 3.05) is 14.2 Å². The van der Waals surface area contributed by atoms with Crippen molar-refractivity contribution in [3.8, 4) is 17.6 Å². The first kappa shape index (κ1) is 17.2. The predicted octanol–water partition coefficient (Wildman–Crippen LogP) is 4.11. The minimum atomic E-state index is -0.452. The Bertz CT molecular complexity index is 1040. The summed E-state index contributed by atoms with van der Waals surface area (Å²) in [5.41, 5.74) is 1.35. The molecular weight excluding hydrogens is 335 g/mol. The number of H-pyrrole nitrogens is 1. The first-order chi connectivity index (χ1) is 12.5. The van der Waals surface area contributed by atoms with E-state index in [2.05, 4.69) is 4.98 Å². The number of aromatic amines is 1. The molecule has 1 heterocycles. The highest BCUT2D eigenvalue weighted by molar-refractivity contribution is 6.19. The van der Waals surface area contributed by atoms with Crippen molar-refractivity contribution in [3.05, 3.63) is 65.1 Å². The molecule has 6 heteroatoms. The van der Waals surface area contributed by atoms with E-state index in [1.165, 1.54) is 44.7 Å². The van der Waals surface area contributed by atoms with Crippen LogP contribution in [0.2, 0.25) is 0 Å². The molecule has 0 unspecified atom stereocenters. The predicted molar refractivity (Wildman–Crippen MR) is 95.7 cm³/mol. The standard InChI is InChI=1S/C20H15FN2O3/c1-25-15-6-12(7-16(9-15)26-2)5-13(10-22)20(24)18-11-23-19-8-14(21)3-4-17(18)19/h3-9,11,23H,1-2H3/b13-5+. The van der Waals surface area contributed by atoms with E-state index in [0.29, 0.717) is 33.5 Å². The van der Waals surface area contributed by atoms with Gasteiger partial charge in [-0.25, -0.2) is 4.39 Å². The normalized spacial score (nSPS) is 11.2. The quantitative estimate of drug-likeness (QED) is 0.427. The Hall–Kier alpha value is -3.59. The van der Waals surface area contributed by atoms with Crippen LogP contribution in [-0.4, -0.2) is 25.0 Å². The summed E-state index contributed by atoms with van der Waals surface area (Å²) in [4.78, 5) is 15.6. The number of benzene rings is 2. The fourth-order valence-electron chi connectivity index (χ4n) is 2.66. The van der Waals surface area contributed by atoms with E-state index >= 15 is 0 Å². The van der Waals surface area contributed by atoms with Gasteiger partial charge in [0.1, 0.15) is 29.0 Å². The van der Waals surface area contributed by atoms with Crippen molar-refractivity contribution in [2.45, 2.75) is 0 Å². The third-order valence-electron chi connectivity index (χ3n) is 3.94. The van der Waals surface area contributed by atoms with Crippen LogP contribution in [0.5, 0.6) is 11.5 Å². The number of fused-ring (bicyclic) bond motifs is 1. The molecule has 0 aliphatic carbocycles. The van der Waals surface area contributed by atoms with Crippen LogP contribution in [0.3, 0.4) is 0 Å². The molecule has 3 rings (SSSR count). The Morgan fingerprint density at radius 1 is 1.15 bits per heavy atom. The lowest BCUT2D eigenvalue weighted by Gasteiger charge is -2.06. The summed E-state index contributed by atoms with van der Waals surface area (Å²) in [6, 6.07) is 11.1. The number of carbonyl (C=O) groups excluding carboxylic acids is 1. The van der Waals surface area contributed by atoms with Crippen LogP contribution in [0.25, 0.3) is 17.0 Å². The van der Waals surface area contributed by atoms with Crippen molar-refractivity contribution in [1.29, 1.82) is 5.26 Å². The van der Waals surface area contributed by atoms with Gasteiger partial charge in [-0.1, -0.05) is 0 Å². The molecule has 0 fully saturated rings. The molecule has 0 spiro atoms. The zero-order valence-corrected chi connectivity index (χ0v) is 14.2. The van der Waals surface area contributed by atoms with Crippen molar-refractivity contribution in [3.63, 3.8) is 0 Å².